The Morgan fingerprint density at radius 2 is 1.55 bits per heavy atom. The van der Waals surface area contributed by atoms with Crippen LogP contribution in [0.15, 0.2) is 24.4 Å². The Morgan fingerprint density at radius 1 is 0.955 bits per heavy atom. The van der Waals surface area contributed by atoms with Gasteiger partial charge in [0.05, 0.1) is 19.5 Å². The van der Waals surface area contributed by atoms with Crippen molar-refractivity contribution in [3.8, 4) is 0 Å². The van der Waals surface area contributed by atoms with Crippen LogP contribution in [0.1, 0.15) is 19.1 Å². The summed E-state index contributed by atoms with van der Waals surface area (Å²) in [6.07, 6.45) is -6.89. The normalized spacial score (nSPS) is 33.7. The fourth-order valence-corrected chi connectivity index (χ4v) is 7.07. The SMILES string of the molecule is NC(=O)C1=CN([C@@H]2OC(COP(=O)(O)OP(=O)(O)OC[C@H]3O[C@@H](n4cnc5c(N)ncnc54)[C@H](O)[C@@H]3O)[C@@H](O)[C@H]2O)CCC1. The average molecular weight is 667 g/mol. The molecule has 5 rings (SSSR count). The molecule has 0 aromatic carbocycles. The van der Waals surface area contributed by atoms with Gasteiger partial charge in [-0.05, 0) is 12.8 Å². The molecule has 23 heteroatoms. The fraction of sp³-hybridized carbons (Fsp3) is 0.619. The second-order valence-electron chi connectivity index (χ2n) is 10.1. The molecule has 0 aliphatic carbocycles. The number of carbonyl (C=O) groups excluding carboxylic acids is 1. The van der Waals surface area contributed by atoms with Crippen molar-refractivity contribution in [1.82, 2.24) is 24.4 Å². The Bertz CT molecular complexity index is 1510. The number of aromatic nitrogens is 4. The standard InChI is InChI=1S/C21H31N7O14P2/c22-17-12-19(25-7-24-17)28(8-26-12)21-16(32)14(30)11(41-21)6-39-44(36,37)42-43(34,35)38-5-10-13(29)15(31)20(40-10)27-3-1-2-9(4-27)18(23)33/h4,7-8,10-11,13-16,20-21,29-32H,1-3,5-6H2,(H2,23,33)(H,34,35)(H,36,37)(H2,22,24,25)/t10?,11-,13-,14-,15-,16-,20-,21-/m1/s1. The number of nitrogens with two attached hydrogens (primary N) is 2. The molecule has 0 spiro atoms. The number of hydrogen-bond acceptors (Lipinski definition) is 17. The highest BCUT2D eigenvalue weighted by Gasteiger charge is 2.48. The number of phosphoric ester groups is 2. The van der Waals surface area contributed by atoms with Gasteiger partial charge in [-0.25, -0.2) is 24.1 Å². The van der Waals surface area contributed by atoms with Gasteiger partial charge in [0.2, 0.25) is 5.91 Å². The van der Waals surface area contributed by atoms with Gasteiger partial charge in [0, 0.05) is 18.3 Å². The van der Waals surface area contributed by atoms with Crippen molar-refractivity contribution in [2.24, 2.45) is 5.73 Å². The summed E-state index contributed by atoms with van der Waals surface area (Å²) in [6, 6.07) is 0. The summed E-state index contributed by atoms with van der Waals surface area (Å²) < 4.78 is 50.9. The maximum absolute atomic E-state index is 12.4. The van der Waals surface area contributed by atoms with Gasteiger partial charge in [-0.1, -0.05) is 0 Å². The number of nitrogen functional groups attached to an aromatic ring is 1. The number of anilines is 1. The molecule has 44 heavy (non-hydrogen) atoms. The lowest BCUT2D eigenvalue weighted by atomic mass is 10.1. The van der Waals surface area contributed by atoms with Crippen LogP contribution in [0, 0.1) is 0 Å². The lowest BCUT2D eigenvalue weighted by molar-refractivity contribution is -0.115. The van der Waals surface area contributed by atoms with Gasteiger partial charge in [-0.2, -0.15) is 4.31 Å². The van der Waals surface area contributed by atoms with E-state index in [1.165, 1.54) is 22.0 Å². The number of ether oxygens (including phenoxy) is 2. The number of primary amides is 1. The van der Waals surface area contributed by atoms with Crippen LogP contribution >= 0.6 is 15.6 Å². The Balaban J connectivity index is 1.14. The van der Waals surface area contributed by atoms with E-state index in [-0.39, 0.29) is 22.6 Å². The van der Waals surface area contributed by atoms with Crippen molar-refractivity contribution >= 4 is 38.5 Å². The van der Waals surface area contributed by atoms with E-state index in [1.807, 2.05) is 0 Å². The molecule has 3 aliphatic heterocycles. The largest absolute Gasteiger partial charge is 0.481 e. The molecule has 0 radical (unpaired) electrons. The smallest absolute Gasteiger partial charge is 0.387 e. The van der Waals surface area contributed by atoms with Gasteiger partial charge in [0.25, 0.3) is 0 Å². The zero-order chi connectivity index (χ0) is 32.0. The van der Waals surface area contributed by atoms with Crippen molar-refractivity contribution in [1.29, 1.82) is 0 Å². The van der Waals surface area contributed by atoms with Crippen molar-refractivity contribution in [2.75, 3.05) is 25.5 Å². The van der Waals surface area contributed by atoms with E-state index >= 15 is 0 Å². The van der Waals surface area contributed by atoms with Gasteiger partial charge >= 0.3 is 15.6 Å². The molecular weight excluding hydrogens is 636 g/mol. The van der Waals surface area contributed by atoms with Gasteiger partial charge in [-0.15, -0.1) is 0 Å². The van der Waals surface area contributed by atoms with Crippen LogP contribution < -0.4 is 11.5 Å². The van der Waals surface area contributed by atoms with Gasteiger partial charge < -0.3 is 56.1 Å². The number of carbonyl (C=O) groups is 1. The third kappa shape index (κ3) is 6.80. The van der Waals surface area contributed by atoms with E-state index in [2.05, 4.69) is 19.3 Å². The zero-order valence-electron chi connectivity index (χ0n) is 22.6. The monoisotopic (exact) mass is 667 g/mol. The van der Waals surface area contributed by atoms with Crippen molar-refractivity contribution in [3.63, 3.8) is 0 Å². The highest BCUT2D eigenvalue weighted by atomic mass is 31.3. The first-order chi connectivity index (χ1) is 20.7. The molecule has 3 aliphatic rings. The molecule has 21 nitrogen and oxygen atoms in total. The number of fused-ring (bicyclic) bond motifs is 1. The summed E-state index contributed by atoms with van der Waals surface area (Å²) in [5.74, 6) is -0.604. The quantitative estimate of drug-likeness (QED) is 0.112. The van der Waals surface area contributed by atoms with Crippen LogP contribution in [-0.2, 0) is 36.8 Å². The number of aliphatic hydroxyl groups excluding tert-OH is 4. The van der Waals surface area contributed by atoms with E-state index in [0.29, 0.717) is 19.4 Å². The van der Waals surface area contributed by atoms with Crippen LogP contribution in [0.25, 0.3) is 11.2 Å². The van der Waals surface area contributed by atoms with Crippen LogP contribution in [0.2, 0.25) is 0 Å². The van der Waals surface area contributed by atoms with Gasteiger partial charge in [0.1, 0.15) is 48.5 Å². The first-order valence-electron chi connectivity index (χ1n) is 13.1. The molecule has 0 bridgehead atoms. The molecule has 2 aromatic heterocycles. The second kappa shape index (κ2) is 12.6. The van der Waals surface area contributed by atoms with Crippen LogP contribution in [0.4, 0.5) is 5.82 Å². The Morgan fingerprint density at radius 3 is 2.16 bits per heavy atom. The second-order valence-corrected chi connectivity index (χ2v) is 13.2. The predicted molar refractivity (Wildman–Crippen MR) is 142 cm³/mol. The molecule has 5 heterocycles. The third-order valence-electron chi connectivity index (χ3n) is 7.17. The maximum atomic E-state index is 12.4. The minimum absolute atomic E-state index is 0.0543. The predicted octanol–water partition coefficient (Wildman–Crippen LogP) is -2.81. The van der Waals surface area contributed by atoms with Gasteiger partial charge in [0.15, 0.2) is 23.9 Å². The Kier molecular flexibility index (Phi) is 9.41. The minimum Gasteiger partial charge on any atom is -0.387 e. The van der Waals surface area contributed by atoms with E-state index in [4.69, 9.17) is 30.0 Å². The van der Waals surface area contributed by atoms with Crippen molar-refractivity contribution in [3.05, 3.63) is 24.4 Å². The number of nitrogens with zero attached hydrogens (tertiary/aromatic N) is 5. The third-order valence-corrected chi connectivity index (χ3v) is 9.77. The number of amides is 1. The summed E-state index contributed by atoms with van der Waals surface area (Å²) in [5, 5.41) is 41.7. The summed E-state index contributed by atoms with van der Waals surface area (Å²) in [7, 11) is -10.7. The van der Waals surface area contributed by atoms with E-state index in [9.17, 15) is 44.1 Å². The average Bonchev–Trinajstić information content (AvgIpc) is 3.61. The van der Waals surface area contributed by atoms with Gasteiger partial charge in [-0.3, -0.25) is 18.4 Å². The fourth-order valence-electron chi connectivity index (χ4n) is 4.98. The number of aliphatic hydroxyl groups is 4. The molecule has 2 saturated heterocycles. The highest BCUT2D eigenvalue weighted by molar-refractivity contribution is 7.61. The van der Waals surface area contributed by atoms with E-state index < -0.39 is 83.8 Å². The maximum Gasteiger partial charge on any atom is 0.481 e. The molecular formula is C21H31N7O14P2. The number of imidazole rings is 1. The lowest BCUT2D eigenvalue weighted by Crippen LogP contribution is -2.43. The molecule has 2 aromatic rings. The molecule has 2 fully saturated rings. The zero-order valence-corrected chi connectivity index (χ0v) is 24.4. The van der Waals surface area contributed by atoms with Crippen LogP contribution in [0.5, 0.6) is 0 Å². The highest BCUT2D eigenvalue weighted by Crippen LogP contribution is 2.60. The summed E-state index contributed by atoms with van der Waals surface area (Å²) in [4.78, 5) is 44.9. The molecule has 1 amide bonds. The number of phosphoric acid groups is 2. The Labute approximate surface area is 247 Å². The number of hydrogen-bond donors (Lipinski definition) is 8. The van der Waals surface area contributed by atoms with Crippen molar-refractivity contribution in [2.45, 2.75) is 61.9 Å². The van der Waals surface area contributed by atoms with Crippen molar-refractivity contribution < 1.29 is 67.0 Å². The molecule has 10 atom stereocenters. The topological polar surface area (TPSA) is 318 Å². The minimum atomic E-state index is -5.36. The van der Waals surface area contributed by atoms with E-state index in [0.717, 1.165) is 6.33 Å². The van der Waals surface area contributed by atoms with E-state index in [1.54, 1.807) is 0 Å². The summed E-state index contributed by atoms with van der Waals surface area (Å²) >= 11 is 0. The molecule has 10 N–H and O–H groups in total. The number of rotatable bonds is 11. The summed E-state index contributed by atoms with van der Waals surface area (Å²) in [5.41, 5.74) is 11.7. The molecule has 0 saturated carbocycles. The Hall–Kier alpha value is -2.62. The lowest BCUT2D eigenvalue weighted by Gasteiger charge is -2.32. The first-order valence-corrected chi connectivity index (χ1v) is 16.0. The van der Waals surface area contributed by atoms with Crippen LogP contribution in [0.3, 0.4) is 0 Å². The van der Waals surface area contributed by atoms with Crippen LogP contribution in [-0.4, -0.2) is 123 Å². The molecule has 244 valence electrons. The first kappa shape index (κ1) is 32.8. The summed E-state index contributed by atoms with van der Waals surface area (Å²) in [6.45, 7) is -1.40. The molecule has 3 unspecified atom stereocenters.